The van der Waals surface area contributed by atoms with Gasteiger partial charge in [0, 0.05) is 0 Å². The number of carbonyl (C=O) groups is 1. The van der Waals surface area contributed by atoms with E-state index in [-0.39, 0.29) is 21.9 Å². The lowest BCUT2D eigenvalue weighted by Gasteiger charge is -2.09. The summed E-state index contributed by atoms with van der Waals surface area (Å²) in [5, 5.41) is 17.8. The number of benzene rings is 1. The first-order valence-corrected chi connectivity index (χ1v) is 5.07. The Kier molecular flexibility index (Phi) is 4.15. The summed E-state index contributed by atoms with van der Waals surface area (Å²) in [5.41, 5.74) is 0.115. The molecule has 1 aromatic carbocycles. The molecule has 16 heavy (non-hydrogen) atoms. The molecule has 0 saturated heterocycles. The van der Waals surface area contributed by atoms with Crippen LogP contribution in [0.25, 0.3) is 0 Å². The van der Waals surface area contributed by atoms with Crippen LogP contribution in [0, 0.1) is 11.3 Å². The fourth-order valence-corrected chi connectivity index (χ4v) is 1.42. The van der Waals surface area contributed by atoms with E-state index in [2.05, 4.69) is 0 Å². The molecule has 0 radical (unpaired) electrons. The van der Waals surface area contributed by atoms with Crippen molar-refractivity contribution in [1.29, 1.82) is 5.26 Å². The van der Waals surface area contributed by atoms with E-state index in [9.17, 15) is 4.79 Å². The maximum Gasteiger partial charge on any atom is 0.335 e. The van der Waals surface area contributed by atoms with E-state index in [4.69, 9.17) is 26.7 Å². The maximum atomic E-state index is 10.7. The van der Waals surface area contributed by atoms with E-state index in [1.807, 2.05) is 13.0 Å². The SMILES string of the molecule is CCCOc1c(Cl)cc(C(=O)O)cc1C#N. The van der Waals surface area contributed by atoms with Crippen LogP contribution < -0.4 is 4.74 Å². The molecule has 4 nitrogen and oxygen atoms in total. The molecule has 0 aliphatic rings. The molecular formula is C11H10ClNO3. The Hall–Kier alpha value is -1.73. The first-order chi connectivity index (χ1) is 7.60. The van der Waals surface area contributed by atoms with Crippen LogP contribution in [0.3, 0.4) is 0 Å². The second kappa shape index (κ2) is 5.38. The van der Waals surface area contributed by atoms with Crippen LogP contribution in [-0.2, 0) is 0 Å². The largest absolute Gasteiger partial charge is 0.491 e. The number of ether oxygens (including phenoxy) is 1. The van der Waals surface area contributed by atoms with Crippen molar-refractivity contribution in [2.45, 2.75) is 13.3 Å². The monoisotopic (exact) mass is 239 g/mol. The highest BCUT2D eigenvalue weighted by Gasteiger charge is 2.14. The number of nitriles is 1. The van der Waals surface area contributed by atoms with Gasteiger partial charge < -0.3 is 9.84 Å². The molecule has 0 aromatic heterocycles. The smallest absolute Gasteiger partial charge is 0.335 e. The number of nitrogens with zero attached hydrogens (tertiary/aromatic N) is 1. The van der Waals surface area contributed by atoms with E-state index in [0.717, 1.165) is 6.42 Å². The minimum absolute atomic E-state index is 0.0228. The number of hydrogen-bond acceptors (Lipinski definition) is 3. The van der Waals surface area contributed by atoms with Crippen molar-refractivity contribution < 1.29 is 14.6 Å². The molecule has 0 aliphatic heterocycles. The zero-order valence-electron chi connectivity index (χ0n) is 8.66. The normalized spacial score (nSPS) is 9.56. The highest BCUT2D eigenvalue weighted by molar-refractivity contribution is 6.32. The van der Waals surface area contributed by atoms with Gasteiger partial charge in [-0.05, 0) is 18.6 Å². The number of carboxylic acids is 1. The molecule has 0 saturated carbocycles. The van der Waals surface area contributed by atoms with Crippen molar-refractivity contribution in [1.82, 2.24) is 0 Å². The van der Waals surface area contributed by atoms with Gasteiger partial charge in [-0.25, -0.2) is 4.79 Å². The van der Waals surface area contributed by atoms with Gasteiger partial charge in [-0.3, -0.25) is 0 Å². The summed E-state index contributed by atoms with van der Waals surface area (Å²) in [7, 11) is 0. The zero-order valence-corrected chi connectivity index (χ0v) is 9.41. The first kappa shape index (κ1) is 12.3. The van der Waals surface area contributed by atoms with Gasteiger partial charge >= 0.3 is 5.97 Å². The van der Waals surface area contributed by atoms with Crippen LogP contribution in [0.2, 0.25) is 5.02 Å². The highest BCUT2D eigenvalue weighted by Crippen LogP contribution is 2.30. The van der Waals surface area contributed by atoms with Crippen LogP contribution in [0.5, 0.6) is 5.75 Å². The Balaban J connectivity index is 3.19. The van der Waals surface area contributed by atoms with Gasteiger partial charge in [-0.2, -0.15) is 5.26 Å². The van der Waals surface area contributed by atoms with Gasteiger partial charge in [0.15, 0.2) is 5.75 Å². The van der Waals surface area contributed by atoms with Crippen molar-refractivity contribution in [2.24, 2.45) is 0 Å². The van der Waals surface area contributed by atoms with Crippen molar-refractivity contribution in [3.63, 3.8) is 0 Å². The lowest BCUT2D eigenvalue weighted by atomic mass is 10.1. The van der Waals surface area contributed by atoms with E-state index in [0.29, 0.717) is 6.61 Å². The third-order valence-electron chi connectivity index (χ3n) is 1.86. The minimum atomic E-state index is -1.12. The average molecular weight is 240 g/mol. The molecule has 0 spiro atoms. The standard InChI is InChI=1S/C11H10ClNO3/c1-2-3-16-10-8(6-13)4-7(11(14)15)5-9(10)12/h4-5H,2-3H2,1H3,(H,14,15). The summed E-state index contributed by atoms with van der Waals surface area (Å²) in [6.07, 6.45) is 0.780. The predicted octanol–water partition coefficient (Wildman–Crippen LogP) is 2.70. The molecule has 1 N–H and O–H groups in total. The Morgan fingerprint density at radius 3 is 2.81 bits per heavy atom. The molecular weight excluding hydrogens is 230 g/mol. The molecule has 1 aromatic rings. The quantitative estimate of drug-likeness (QED) is 0.877. The molecule has 84 valence electrons. The number of halogens is 1. The average Bonchev–Trinajstić information content (AvgIpc) is 2.26. The van der Waals surface area contributed by atoms with Crippen LogP contribution in [0.1, 0.15) is 29.3 Å². The van der Waals surface area contributed by atoms with Crippen molar-refractivity contribution in [2.75, 3.05) is 6.61 Å². The van der Waals surface area contributed by atoms with Crippen LogP contribution in [0.15, 0.2) is 12.1 Å². The first-order valence-electron chi connectivity index (χ1n) is 4.69. The zero-order chi connectivity index (χ0) is 12.1. The lowest BCUT2D eigenvalue weighted by molar-refractivity contribution is 0.0697. The Morgan fingerprint density at radius 2 is 2.31 bits per heavy atom. The van der Waals surface area contributed by atoms with E-state index in [1.165, 1.54) is 12.1 Å². The molecule has 0 atom stereocenters. The molecule has 0 aliphatic carbocycles. The van der Waals surface area contributed by atoms with Gasteiger partial charge in [-0.1, -0.05) is 18.5 Å². The molecule has 0 fully saturated rings. The fourth-order valence-electron chi connectivity index (χ4n) is 1.15. The van der Waals surface area contributed by atoms with Crippen LogP contribution >= 0.6 is 11.6 Å². The third kappa shape index (κ3) is 2.65. The molecule has 5 heteroatoms. The van der Waals surface area contributed by atoms with E-state index >= 15 is 0 Å². The number of hydrogen-bond donors (Lipinski definition) is 1. The van der Waals surface area contributed by atoms with Crippen molar-refractivity contribution in [3.05, 3.63) is 28.3 Å². The van der Waals surface area contributed by atoms with Crippen molar-refractivity contribution >= 4 is 17.6 Å². The number of aromatic carboxylic acids is 1. The molecule has 1 rings (SSSR count). The van der Waals surface area contributed by atoms with Gasteiger partial charge in [0.05, 0.1) is 22.8 Å². The second-order valence-corrected chi connectivity index (χ2v) is 3.51. The molecule has 0 amide bonds. The highest BCUT2D eigenvalue weighted by atomic mass is 35.5. The van der Waals surface area contributed by atoms with Gasteiger partial charge in [-0.15, -0.1) is 0 Å². The maximum absolute atomic E-state index is 10.7. The van der Waals surface area contributed by atoms with Gasteiger partial charge in [0.1, 0.15) is 6.07 Å². The number of carboxylic acid groups (broad SMARTS) is 1. The van der Waals surface area contributed by atoms with E-state index < -0.39 is 5.97 Å². The minimum Gasteiger partial charge on any atom is -0.491 e. The topological polar surface area (TPSA) is 70.3 Å². The second-order valence-electron chi connectivity index (χ2n) is 3.10. The van der Waals surface area contributed by atoms with Crippen LogP contribution in [-0.4, -0.2) is 17.7 Å². The Labute approximate surface area is 98.0 Å². The van der Waals surface area contributed by atoms with Gasteiger partial charge in [0.2, 0.25) is 0 Å². The third-order valence-corrected chi connectivity index (χ3v) is 2.14. The summed E-state index contributed by atoms with van der Waals surface area (Å²) in [4.78, 5) is 10.7. The van der Waals surface area contributed by atoms with E-state index in [1.54, 1.807) is 0 Å². The van der Waals surface area contributed by atoms with Crippen LogP contribution in [0.4, 0.5) is 0 Å². The predicted molar refractivity (Wildman–Crippen MR) is 58.9 cm³/mol. The molecule has 0 unspecified atom stereocenters. The van der Waals surface area contributed by atoms with Crippen molar-refractivity contribution in [3.8, 4) is 11.8 Å². The van der Waals surface area contributed by atoms with Gasteiger partial charge in [0.25, 0.3) is 0 Å². The summed E-state index contributed by atoms with van der Waals surface area (Å²) in [6, 6.07) is 4.39. The summed E-state index contributed by atoms with van der Waals surface area (Å²) < 4.78 is 5.30. The summed E-state index contributed by atoms with van der Waals surface area (Å²) >= 11 is 5.85. The summed E-state index contributed by atoms with van der Waals surface area (Å²) in [6.45, 7) is 2.35. The Morgan fingerprint density at radius 1 is 1.62 bits per heavy atom. The Bertz CT molecular complexity index is 451. The number of rotatable bonds is 4. The molecule has 0 heterocycles. The fraction of sp³-hybridized carbons (Fsp3) is 0.273. The lowest BCUT2D eigenvalue weighted by Crippen LogP contribution is -2.02. The molecule has 0 bridgehead atoms. The summed E-state index contributed by atoms with van der Waals surface area (Å²) in [5.74, 6) is -0.878.